The van der Waals surface area contributed by atoms with Crippen molar-refractivity contribution in [2.45, 2.75) is 38.0 Å². The molecule has 0 atom stereocenters. The van der Waals surface area contributed by atoms with Crippen molar-refractivity contribution in [3.63, 3.8) is 0 Å². The van der Waals surface area contributed by atoms with Crippen LogP contribution in [0.2, 0.25) is 0 Å². The molecule has 1 aromatic rings. The number of aromatic nitrogens is 1. The number of pyridine rings is 1. The van der Waals surface area contributed by atoms with Gasteiger partial charge in [0.25, 0.3) is 0 Å². The van der Waals surface area contributed by atoms with E-state index in [2.05, 4.69) is 28.6 Å². The van der Waals surface area contributed by atoms with Crippen molar-refractivity contribution in [2.75, 3.05) is 18.8 Å². The molecule has 0 unspecified atom stereocenters. The van der Waals surface area contributed by atoms with Gasteiger partial charge in [-0.3, -0.25) is 9.78 Å². The largest absolute Gasteiger partial charge is 0.350 e. The molecule has 0 bridgehead atoms. The first-order valence-electron chi connectivity index (χ1n) is 7.31. The normalized spacial score (nSPS) is 16.1. The summed E-state index contributed by atoms with van der Waals surface area (Å²) in [4.78, 5) is 16.2. The van der Waals surface area contributed by atoms with Gasteiger partial charge in [-0.2, -0.15) is 0 Å². The first kappa shape index (κ1) is 15.3. The molecular formula is C15H23N3OS. The molecule has 20 heavy (non-hydrogen) atoms. The minimum Gasteiger partial charge on any atom is -0.350 e. The summed E-state index contributed by atoms with van der Waals surface area (Å²) in [5.74, 6) is 0.667. The number of carbonyl (C=O) groups is 1. The zero-order valence-corrected chi connectivity index (χ0v) is 12.8. The highest BCUT2D eigenvalue weighted by Gasteiger charge is 2.15. The Balaban J connectivity index is 1.71. The number of amides is 1. The topological polar surface area (TPSA) is 54.0 Å². The molecule has 1 aliphatic heterocycles. The van der Waals surface area contributed by atoms with Gasteiger partial charge in [-0.25, -0.2) is 0 Å². The van der Waals surface area contributed by atoms with Crippen LogP contribution in [0.25, 0.3) is 0 Å². The lowest BCUT2D eigenvalue weighted by molar-refractivity contribution is -0.118. The van der Waals surface area contributed by atoms with E-state index >= 15 is 0 Å². The Kier molecular flexibility index (Phi) is 6.33. The van der Waals surface area contributed by atoms with Crippen molar-refractivity contribution in [2.24, 2.45) is 0 Å². The summed E-state index contributed by atoms with van der Waals surface area (Å²) in [6, 6.07) is 4.01. The van der Waals surface area contributed by atoms with Gasteiger partial charge < -0.3 is 10.6 Å². The zero-order chi connectivity index (χ0) is 14.2. The van der Waals surface area contributed by atoms with Crippen LogP contribution in [0.4, 0.5) is 0 Å². The third kappa shape index (κ3) is 4.80. The zero-order valence-electron chi connectivity index (χ0n) is 12.0. The molecule has 2 rings (SSSR count). The van der Waals surface area contributed by atoms with E-state index in [1.807, 2.05) is 6.07 Å². The van der Waals surface area contributed by atoms with Crippen LogP contribution in [0.15, 0.2) is 18.3 Å². The van der Waals surface area contributed by atoms with Gasteiger partial charge in [0.15, 0.2) is 0 Å². The average molecular weight is 293 g/mol. The van der Waals surface area contributed by atoms with Gasteiger partial charge in [0, 0.05) is 11.4 Å². The van der Waals surface area contributed by atoms with Crippen LogP contribution in [-0.2, 0) is 17.8 Å². The van der Waals surface area contributed by atoms with Crippen molar-refractivity contribution in [1.82, 2.24) is 15.6 Å². The number of aryl methyl sites for hydroxylation is 1. The summed E-state index contributed by atoms with van der Waals surface area (Å²) < 4.78 is 0. The maximum Gasteiger partial charge on any atom is 0.230 e. The number of piperidine rings is 1. The SMILES string of the molecule is CCc1cccnc1CNC(=O)CSC1CCNCC1. The highest BCUT2D eigenvalue weighted by Crippen LogP contribution is 2.19. The Labute approximate surface area is 125 Å². The van der Waals surface area contributed by atoms with Crippen molar-refractivity contribution < 1.29 is 4.79 Å². The van der Waals surface area contributed by atoms with Crippen LogP contribution < -0.4 is 10.6 Å². The molecule has 0 aliphatic carbocycles. The van der Waals surface area contributed by atoms with Crippen molar-refractivity contribution in [1.29, 1.82) is 0 Å². The van der Waals surface area contributed by atoms with Gasteiger partial charge in [0.2, 0.25) is 5.91 Å². The van der Waals surface area contributed by atoms with Gasteiger partial charge in [0.05, 0.1) is 18.0 Å². The number of hydrogen-bond acceptors (Lipinski definition) is 4. The summed E-state index contributed by atoms with van der Waals surface area (Å²) in [5, 5.41) is 6.94. The molecule has 2 N–H and O–H groups in total. The van der Waals surface area contributed by atoms with E-state index in [4.69, 9.17) is 0 Å². The molecule has 0 saturated carbocycles. The predicted octanol–water partition coefficient (Wildman–Crippen LogP) is 1.75. The van der Waals surface area contributed by atoms with Gasteiger partial charge in [-0.1, -0.05) is 13.0 Å². The van der Waals surface area contributed by atoms with Crippen LogP contribution in [0, 0.1) is 0 Å². The first-order chi connectivity index (χ1) is 9.79. The van der Waals surface area contributed by atoms with Gasteiger partial charge in [-0.05, 0) is 44.0 Å². The second kappa shape index (κ2) is 8.27. The monoisotopic (exact) mass is 293 g/mol. The maximum absolute atomic E-state index is 11.9. The highest BCUT2D eigenvalue weighted by molar-refractivity contribution is 8.00. The van der Waals surface area contributed by atoms with E-state index in [0.29, 0.717) is 17.5 Å². The highest BCUT2D eigenvalue weighted by atomic mass is 32.2. The molecule has 0 aromatic carbocycles. The quantitative estimate of drug-likeness (QED) is 0.839. The summed E-state index contributed by atoms with van der Waals surface area (Å²) in [7, 11) is 0. The molecule has 4 nitrogen and oxygen atoms in total. The first-order valence-corrected chi connectivity index (χ1v) is 8.36. The Bertz CT molecular complexity index is 433. The minimum absolute atomic E-state index is 0.112. The van der Waals surface area contributed by atoms with Crippen molar-refractivity contribution in [3.05, 3.63) is 29.6 Å². The number of rotatable bonds is 6. The van der Waals surface area contributed by atoms with E-state index in [0.717, 1.165) is 38.0 Å². The molecule has 5 heteroatoms. The molecule has 0 spiro atoms. The lowest BCUT2D eigenvalue weighted by Crippen LogP contribution is -2.31. The number of hydrogen-bond donors (Lipinski definition) is 2. The van der Waals surface area contributed by atoms with Gasteiger partial charge in [0.1, 0.15) is 0 Å². The molecule has 0 radical (unpaired) electrons. The molecule has 1 aromatic heterocycles. The number of nitrogens with zero attached hydrogens (tertiary/aromatic N) is 1. The van der Waals surface area contributed by atoms with Crippen LogP contribution in [0.3, 0.4) is 0 Å². The fraction of sp³-hybridized carbons (Fsp3) is 0.600. The smallest absolute Gasteiger partial charge is 0.230 e. The fourth-order valence-electron chi connectivity index (χ4n) is 2.34. The van der Waals surface area contributed by atoms with E-state index in [1.165, 1.54) is 5.56 Å². The molecule has 1 saturated heterocycles. The van der Waals surface area contributed by atoms with Crippen LogP contribution in [0.1, 0.15) is 31.0 Å². The third-order valence-corrected chi connectivity index (χ3v) is 4.93. The Hall–Kier alpha value is -1.07. The second-order valence-corrected chi connectivity index (χ2v) is 6.29. The lowest BCUT2D eigenvalue weighted by Gasteiger charge is -2.21. The second-order valence-electron chi connectivity index (χ2n) is 5.00. The van der Waals surface area contributed by atoms with Crippen LogP contribution in [-0.4, -0.2) is 35.0 Å². The summed E-state index contributed by atoms with van der Waals surface area (Å²) in [6.07, 6.45) is 5.06. The molecular weight excluding hydrogens is 270 g/mol. The van der Waals surface area contributed by atoms with Gasteiger partial charge in [-0.15, -0.1) is 11.8 Å². The summed E-state index contributed by atoms with van der Waals surface area (Å²) in [5.41, 5.74) is 2.19. The number of thioether (sulfide) groups is 1. The van der Waals surface area contributed by atoms with E-state index in [1.54, 1.807) is 18.0 Å². The Morgan fingerprint density at radius 3 is 3.05 bits per heavy atom. The third-order valence-electron chi connectivity index (χ3n) is 3.55. The maximum atomic E-state index is 11.9. The molecule has 1 amide bonds. The number of nitrogens with one attached hydrogen (secondary N) is 2. The fourth-order valence-corrected chi connectivity index (χ4v) is 3.40. The summed E-state index contributed by atoms with van der Waals surface area (Å²) in [6.45, 7) is 4.80. The van der Waals surface area contributed by atoms with E-state index < -0.39 is 0 Å². The summed E-state index contributed by atoms with van der Waals surface area (Å²) >= 11 is 1.78. The molecule has 110 valence electrons. The Morgan fingerprint density at radius 2 is 2.30 bits per heavy atom. The van der Waals surface area contributed by atoms with E-state index in [-0.39, 0.29) is 5.91 Å². The lowest BCUT2D eigenvalue weighted by atomic mass is 10.1. The molecule has 1 fully saturated rings. The van der Waals surface area contributed by atoms with Gasteiger partial charge >= 0.3 is 0 Å². The number of carbonyl (C=O) groups excluding carboxylic acids is 1. The molecule has 2 heterocycles. The standard InChI is InChI=1S/C15H23N3OS/c1-2-12-4-3-7-17-14(12)10-18-15(19)11-20-13-5-8-16-9-6-13/h3-4,7,13,16H,2,5-6,8-11H2,1H3,(H,18,19). The van der Waals surface area contributed by atoms with E-state index in [9.17, 15) is 4.79 Å². The van der Waals surface area contributed by atoms with Crippen molar-refractivity contribution in [3.8, 4) is 0 Å². The predicted molar refractivity (Wildman–Crippen MR) is 83.8 cm³/mol. The molecule has 1 aliphatic rings. The van der Waals surface area contributed by atoms with Crippen LogP contribution in [0.5, 0.6) is 0 Å². The Morgan fingerprint density at radius 1 is 1.50 bits per heavy atom. The average Bonchev–Trinajstić information content (AvgIpc) is 2.52. The van der Waals surface area contributed by atoms with Crippen LogP contribution >= 0.6 is 11.8 Å². The minimum atomic E-state index is 0.112. The van der Waals surface area contributed by atoms with Crippen molar-refractivity contribution >= 4 is 17.7 Å².